The lowest BCUT2D eigenvalue weighted by molar-refractivity contribution is -0.119. The molecule has 3 N–H and O–H groups in total. The minimum atomic E-state index is -0.722. The summed E-state index contributed by atoms with van der Waals surface area (Å²) in [7, 11) is 1.73. The Labute approximate surface area is 116 Å². The number of hydrogen-bond acceptors (Lipinski definition) is 3. The number of carbonyl (C=O) groups is 1. The van der Waals surface area contributed by atoms with Gasteiger partial charge in [0.2, 0.25) is 5.91 Å². The van der Waals surface area contributed by atoms with Gasteiger partial charge in [-0.15, -0.1) is 0 Å². The first-order valence-electron chi connectivity index (χ1n) is 5.78. The van der Waals surface area contributed by atoms with Crippen LogP contribution in [0.4, 0.5) is 5.69 Å². The molecule has 1 aromatic heterocycles. The Morgan fingerprint density at radius 3 is 2.53 bits per heavy atom. The number of nitrogens with two attached hydrogens (primary N) is 1. The number of hydrogen-bond donors (Lipinski definition) is 2. The third-order valence-electron chi connectivity index (χ3n) is 2.87. The van der Waals surface area contributed by atoms with E-state index in [0.29, 0.717) is 11.0 Å². The van der Waals surface area contributed by atoms with Crippen LogP contribution >= 0.6 is 11.6 Å². The summed E-state index contributed by atoms with van der Waals surface area (Å²) in [4.78, 5) is 15.7. The number of aryl methyl sites for hydroxylation is 1. The second-order valence-electron chi connectivity index (χ2n) is 4.34. The molecule has 1 heterocycles. The van der Waals surface area contributed by atoms with Gasteiger partial charge in [-0.05, 0) is 19.1 Å². The number of anilines is 1. The first-order chi connectivity index (χ1) is 8.99. The van der Waals surface area contributed by atoms with Crippen molar-refractivity contribution >= 4 is 23.2 Å². The maximum Gasteiger partial charge on any atom is 0.247 e. The van der Waals surface area contributed by atoms with Crippen LogP contribution in [0.15, 0.2) is 30.5 Å². The highest BCUT2D eigenvalue weighted by molar-refractivity contribution is 6.29. The van der Waals surface area contributed by atoms with E-state index in [9.17, 15) is 4.79 Å². The van der Waals surface area contributed by atoms with Crippen molar-refractivity contribution in [2.24, 2.45) is 12.8 Å². The molecule has 1 unspecified atom stereocenters. The number of imidazole rings is 1. The molecule has 0 fully saturated rings. The third-order valence-corrected chi connectivity index (χ3v) is 3.22. The number of rotatable bonds is 4. The molecule has 2 aromatic rings. The number of primary amides is 1. The average Bonchev–Trinajstić information content (AvgIpc) is 2.69. The van der Waals surface area contributed by atoms with Crippen LogP contribution in [-0.4, -0.2) is 15.5 Å². The highest BCUT2D eigenvalue weighted by Crippen LogP contribution is 2.21. The highest BCUT2D eigenvalue weighted by atomic mass is 35.5. The number of aromatic nitrogens is 2. The first-order valence-corrected chi connectivity index (χ1v) is 6.16. The summed E-state index contributed by atoms with van der Waals surface area (Å²) in [5.41, 5.74) is 7.37. The van der Waals surface area contributed by atoms with Gasteiger partial charge in [0.1, 0.15) is 11.0 Å². The monoisotopic (exact) mass is 278 g/mol. The second-order valence-corrected chi connectivity index (χ2v) is 4.73. The fourth-order valence-corrected chi connectivity index (χ4v) is 1.88. The van der Waals surface area contributed by atoms with Crippen LogP contribution in [0.3, 0.4) is 0 Å². The van der Waals surface area contributed by atoms with Gasteiger partial charge in [0.15, 0.2) is 6.04 Å². The second kappa shape index (κ2) is 5.32. The lowest BCUT2D eigenvalue weighted by Gasteiger charge is -2.16. The summed E-state index contributed by atoms with van der Waals surface area (Å²) >= 11 is 5.92. The first kappa shape index (κ1) is 13.4. The van der Waals surface area contributed by atoms with E-state index >= 15 is 0 Å². The van der Waals surface area contributed by atoms with Gasteiger partial charge in [-0.1, -0.05) is 29.3 Å². The number of carbonyl (C=O) groups excluding carboxylic acids is 1. The molecule has 0 radical (unpaired) electrons. The van der Waals surface area contributed by atoms with Crippen LogP contribution in [0, 0.1) is 6.92 Å². The number of halogens is 1. The maximum atomic E-state index is 11.6. The van der Waals surface area contributed by atoms with Crippen molar-refractivity contribution in [2.75, 3.05) is 5.32 Å². The van der Waals surface area contributed by atoms with Crippen LogP contribution in [0.25, 0.3) is 0 Å². The van der Waals surface area contributed by atoms with Gasteiger partial charge in [0.25, 0.3) is 0 Å². The van der Waals surface area contributed by atoms with E-state index in [1.165, 1.54) is 6.20 Å². The molecule has 0 aliphatic heterocycles. The van der Waals surface area contributed by atoms with Crippen molar-refractivity contribution < 1.29 is 4.79 Å². The lowest BCUT2D eigenvalue weighted by atomic mass is 10.2. The van der Waals surface area contributed by atoms with Gasteiger partial charge in [-0.3, -0.25) is 4.79 Å². The number of amides is 1. The molecule has 0 saturated carbocycles. The quantitative estimate of drug-likeness (QED) is 0.899. The zero-order chi connectivity index (χ0) is 14.0. The zero-order valence-electron chi connectivity index (χ0n) is 10.7. The van der Waals surface area contributed by atoms with Crippen molar-refractivity contribution in [3.63, 3.8) is 0 Å². The van der Waals surface area contributed by atoms with E-state index in [-0.39, 0.29) is 0 Å². The van der Waals surface area contributed by atoms with E-state index in [4.69, 9.17) is 17.3 Å². The Morgan fingerprint density at radius 2 is 2.05 bits per heavy atom. The van der Waals surface area contributed by atoms with Gasteiger partial charge < -0.3 is 15.6 Å². The fraction of sp³-hybridized carbons (Fsp3) is 0.231. The van der Waals surface area contributed by atoms with Crippen LogP contribution in [-0.2, 0) is 11.8 Å². The SMILES string of the molecule is Cc1ccc(NC(C(N)=O)c2ncc(Cl)n2C)cc1. The average molecular weight is 279 g/mol. The van der Waals surface area contributed by atoms with E-state index in [1.54, 1.807) is 11.6 Å². The molecular formula is C13H15ClN4O. The Bertz CT molecular complexity index is 591. The minimum absolute atomic E-state index is 0.451. The Morgan fingerprint density at radius 1 is 1.42 bits per heavy atom. The summed E-state index contributed by atoms with van der Waals surface area (Å²) in [5, 5.41) is 3.51. The Kier molecular flexibility index (Phi) is 3.76. The van der Waals surface area contributed by atoms with Gasteiger partial charge in [0, 0.05) is 12.7 Å². The molecule has 6 heteroatoms. The Hall–Kier alpha value is -2.01. The molecule has 100 valence electrons. The molecule has 0 spiro atoms. The molecule has 19 heavy (non-hydrogen) atoms. The molecule has 0 bridgehead atoms. The predicted octanol–water partition coefficient (Wildman–Crippen LogP) is 2.02. The predicted molar refractivity (Wildman–Crippen MR) is 75.0 cm³/mol. The Balaban J connectivity index is 2.29. The molecule has 1 atom stereocenters. The molecule has 1 amide bonds. The maximum absolute atomic E-state index is 11.6. The van der Waals surface area contributed by atoms with Crippen LogP contribution < -0.4 is 11.1 Å². The van der Waals surface area contributed by atoms with Gasteiger partial charge in [-0.25, -0.2) is 4.98 Å². The third kappa shape index (κ3) is 2.88. The van der Waals surface area contributed by atoms with E-state index < -0.39 is 11.9 Å². The van der Waals surface area contributed by atoms with Crippen molar-refractivity contribution in [1.29, 1.82) is 0 Å². The molecule has 0 aliphatic rings. The molecule has 1 aromatic carbocycles. The van der Waals surface area contributed by atoms with E-state index in [2.05, 4.69) is 10.3 Å². The van der Waals surface area contributed by atoms with Crippen molar-refractivity contribution in [1.82, 2.24) is 9.55 Å². The molecule has 5 nitrogen and oxygen atoms in total. The number of nitrogens with one attached hydrogen (secondary N) is 1. The van der Waals surface area contributed by atoms with Crippen molar-refractivity contribution in [2.45, 2.75) is 13.0 Å². The summed E-state index contributed by atoms with van der Waals surface area (Å²) in [6, 6.07) is 6.95. The molecular weight excluding hydrogens is 264 g/mol. The van der Waals surface area contributed by atoms with E-state index in [1.807, 2.05) is 31.2 Å². The number of nitrogens with zero attached hydrogens (tertiary/aromatic N) is 2. The zero-order valence-corrected chi connectivity index (χ0v) is 11.5. The molecule has 2 rings (SSSR count). The minimum Gasteiger partial charge on any atom is -0.368 e. The lowest BCUT2D eigenvalue weighted by Crippen LogP contribution is -2.30. The van der Waals surface area contributed by atoms with Gasteiger partial charge in [-0.2, -0.15) is 0 Å². The largest absolute Gasteiger partial charge is 0.368 e. The fourth-order valence-electron chi connectivity index (χ4n) is 1.75. The normalized spacial score (nSPS) is 12.2. The standard InChI is InChI=1S/C13H15ClN4O/c1-8-3-5-9(6-4-8)17-11(12(15)19)13-16-7-10(14)18(13)2/h3-7,11,17H,1-2H3,(H2,15,19). The van der Waals surface area contributed by atoms with Crippen LogP contribution in [0.5, 0.6) is 0 Å². The molecule has 0 aliphatic carbocycles. The smallest absolute Gasteiger partial charge is 0.247 e. The van der Waals surface area contributed by atoms with Crippen molar-refractivity contribution in [3.8, 4) is 0 Å². The summed E-state index contributed by atoms with van der Waals surface area (Å²) in [6.07, 6.45) is 1.49. The van der Waals surface area contributed by atoms with E-state index in [0.717, 1.165) is 11.3 Å². The molecule has 0 saturated heterocycles. The topological polar surface area (TPSA) is 72.9 Å². The summed E-state index contributed by atoms with van der Waals surface area (Å²) < 4.78 is 1.62. The van der Waals surface area contributed by atoms with Gasteiger partial charge in [0.05, 0.1) is 6.20 Å². The van der Waals surface area contributed by atoms with Crippen LogP contribution in [0.1, 0.15) is 17.4 Å². The highest BCUT2D eigenvalue weighted by Gasteiger charge is 2.23. The van der Waals surface area contributed by atoms with Crippen LogP contribution in [0.2, 0.25) is 5.15 Å². The van der Waals surface area contributed by atoms with Gasteiger partial charge >= 0.3 is 0 Å². The summed E-state index contributed by atoms with van der Waals surface area (Å²) in [5.74, 6) is -0.0241. The summed E-state index contributed by atoms with van der Waals surface area (Å²) in [6.45, 7) is 1.99. The van der Waals surface area contributed by atoms with Crippen molar-refractivity contribution in [3.05, 3.63) is 47.0 Å². The number of benzene rings is 1.